The Balaban J connectivity index is 1.75. The quantitative estimate of drug-likeness (QED) is 0.706. The van der Waals surface area contributed by atoms with E-state index in [4.69, 9.17) is 11.6 Å². The Labute approximate surface area is 173 Å². The van der Waals surface area contributed by atoms with Gasteiger partial charge in [-0.05, 0) is 42.7 Å². The number of hydrogen-bond donors (Lipinski definition) is 2. The van der Waals surface area contributed by atoms with Gasteiger partial charge in [-0.25, -0.2) is 9.18 Å². The highest BCUT2D eigenvalue weighted by Gasteiger charge is 2.51. The summed E-state index contributed by atoms with van der Waals surface area (Å²) >= 11 is 6.15. The van der Waals surface area contributed by atoms with Crippen molar-refractivity contribution in [2.75, 3.05) is 6.54 Å². The number of amides is 4. The van der Waals surface area contributed by atoms with Crippen molar-refractivity contribution in [3.8, 4) is 0 Å². The summed E-state index contributed by atoms with van der Waals surface area (Å²) in [6, 6.07) is 11.4. The minimum atomic E-state index is -1.32. The van der Waals surface area contributed by atoms with Crippen LogP contribution in [0.15, 0.2) is 48.5 Å². The molecule has 2 aromatic carbocycles. The lowest BCUT2D eigenvalue weighted by Gasteiger charge is -2.25. The molecule has 0 bridgehead atoms. The highest BCUT2D eigenvalue weighted by atomic mass is 35.5. The molecule has 2 aromatic rings. The van der Waals surface area contributed by atoms with Crippen molar-refractivity contribution in [2.45, 2.75) is 31.8 Å². The molecule has 8 heteroatoms. The average Bonchev–Trinajstić information content (AvgIpc) is 2.94. The molecule has 0 unspecified atom stereocenters. The van der Waals surface area contributed by atoms with Gasteiger partial charge in [-0.3, -0.25) is 14.5 Å². The van der Waals surface area contributed by atoms with Gasteiger partial charge in [0.1, 0.15) is 17.9 Å². The molecule has 152 valence electrons. The molecule has 3 rings (SSSR count). The Morgan fingerprint density at radius 2 is 1.86 bits per heavy atom. The molecule has 6 nitrogen and oxygen atoms in total. The van der Waals surface area contributed by atoms with Crippen molar-refractivity contribution in [1.29, 1.82) is 0 Å². The van der Waals surface area contributed by atoms with E-state index >= 15 is 0 Å². The SMILES string of the molecule is CC[C@]1(c2ccc(F)cc2)NC(=O)N(CC(=O)N[C@H](C)c2ccccc2Cl)C1=O. The van der Waals surface area contributed by atoms with E-state index in [1.54, 1.807) is 38.1 Å². The minimum Gasteiger partial charge on any atom is -0.348 e. The number of halogens is 2. The molecule has 1 fully saturated rings. The standard InChI is InChI=1S/C21H21ClFN3O3/c1-3-21(14-8-10-15(23)11-9-14)19(28)26(20(29)25-21)12-18(27)24-13(2)16-6-4-5-7-17(16)22/h4-11,13H,3,12H2,1-2H3,(H,24,27)(H,25,29)/t13-,21-/m1/s1. The number of imide groups is 1. The summed E-state index contributed by atoms with van der Waals surface area (Å²) in [6.07, 6.45) is 0.261. The Kier molecular flexibility index (Phi) is 5.88. The van der Waals surface area contributed by atoms with Gasteiger partial charge in [-0.15, -0.1) is 0 Å². The number of urea groups is 1. The summed E-state index contributed by atoms with van der Waals surface area (Å²) < 4.78 is 13.3. The van der Waals surface area contributed by atoms with Crippen LogP contribution in [0.3, 0.4) is 0 Å². The van der Waals surface area contributed by atoms with Crippen molar-refractivity contribution >= 4 is 29.4 Å². The second-order valence-corrected chi connectivity index (χ2v) is 7.31. The second-order valence-electron chi connectivity index (χ2n) is 6.90. The predicted molar refractivity (Wildman–Crippen MR) is 107 cm³/mol. The number of carbonyl (C=O) groups excluding carboxylic acids is 3. The number of nitrogens with one attached hydrogen (secondary N) is 2. The summed E-state index contributed by atoms with van der Waals surface area (Å²) in [4.78, 5) is 38.9. The predicted octanol–water partition coefficient (Wildman–Crippen LogP) is 3.51. The average molecular weight is 418 g/mol. The highest BCUT2D eigenvalue weighted by molar-refractivity contribution is 6.31. The first-order chi connectivity index (χ1) is 13.8. The van der Waals surface area contributed by atoms with E-state index in [1.165, 1.54) is 24.3 Å². The van der Waals surface area contributed by atoms with Crippen LogP contribution in [0.2, 0.25) is 5.02 Å². The van der Waals surface area contributed by atoms with E-state index in [1.807, 2.05) is 0 Å². The molecule has 1 heterocycles. The van der Waals surface area contributed by atoms with Crippen LogP contribution in [0.4, 0.5) is 9.18 Å². The topological polar surface area (TPSA) is 78.5 Å². The zero-order valence-electron chi connectivity index (χ0n) is 16.0. The molecule has 0 radical (unpaired) electrons. The normalized spacial score (nSPS) is 19.8. The lowest BCUT2D eigenvalue weighted by atomic mass is 9.87. The van der Waals surface area contributed by atoms with E-state index in [9.17, 15) is 18.8 Å². The molecule has 0 spiro atoms. The molecule has 1 aliphatic heterocycles. The fourth-order valence-electron chi connectivity index (χ4n) is 3.48. The van der Waals surface area contributed by atoms with E-state index in [0.29, 0.717) is 10.6 Å². The summed E-state index contributed by atoms with van der Waals surface area (Å²) in [7, 11) is 0. The fourth-order valence-corrected chi connectivity index (χ4v) is 3.78. The highest BCUT2D eigenvalue weighted by Crippen LogP contribution is 2.32. The molecular weight excluding hydrogens is 397 g/mol. The van der Waals surface area contributed by atoms with Crippen LogP contribution >= 0.6 is 11.6 Å². The van der Waals surface area contributed by atoms with E-state index < -0.39 is 41.8 Å². The molecule has 4 amide bonds. The maximum atomic E-state index is 13.3. The van der Waals surface area contributed by atoms with E-state index in [2.05, 4.69) is 10.6 Å². The lowest BCUT2D eigenvalue weighted by Crippen LogP contribution is -2.45. The van der Waals surface area contributed by atoms with Gasteiger partial charge in [0, 0.05) is 5.02 Å². The van der Waals surface area contributed by atoms with Gasteiger partial charge in [0.2, 0.25) is 5.91 Å². The Morgan fingerprint density at radius 3 is 2.48 bits per heavy atom. The molecule has 1 aliphatic rings. The zero-order valence-corrected chi connectivity index (χ0v) is 16.8. The molecule has 0 aliphatic carbocycles. The number of rotatable bonds is 6. The monoisotopic (exact) mass is 417 g/mol. The molecule has 1 saturated heterocycles. The van der Waals surface area contributed by atoms with Crippen LogP contribution < -0.4 is 10.6 Å². The van der Waals surface area contributed by atoms with Crippen molar-refractivity contribution < 1.29 is 18.8 Å². The number of hydrogen-bond acceptors (Lipinski definition) is 3. The summed E-state index contributed by atoms with van der Waals surface area (Å²) in [5.74, 6) is -1.48. The third-order valence-electron chi connectivity index (χ3n) is 5.09. The lowest BCUT2D eigenvalue weighted by molar-refractivity contribution is -0.135. The van der Waals surface area contributed by atoms with Crippen LogP contribution in [0.25, 0.3) is 0 Å². The smallest absolute Gasteiger partial charge is 0.325 e. The largest absolute Gasteiger partial charge is 0.348 e. The van der Waals surface area contributed by atoms with Gasteiger partial charge in [0.15, 0.2) is 0 Å². The van der Waals surface area contributed by atoms with Crippen molar-refractivity contribution in [3.05, 3.63) is 70.5 Å². The first kappa shape index (κ1) is 20.8. The molecular formula is C21H21ClFN3O3. The van der Waals surface area contributed by atoms with E-state index in [0.717, 1.165) is 10.5 Å². The zero-order chi connectivity index (χ0) is 21.2. The van der Waals surface area contributed by atoms with Crippen LogP contribution in [-0.2, 0) is 15.1 Å². The van der Waals surface area contributed by atoms with Crippen molar-refractivity contribution in [2.24, 2.45) is 0 Å². The number of benzene rings is 2. The van der Waals surface area contributed by atoms with Crippen molar-refractivity contribution in [3.63, 3.8) is 0 Å². The minimum absolute atomic E-state index is 0.261. The summed E-state index contributed by atoms with van der Waals surface area (Å²) in [6.45, 7) is 3.08. The third kappa shape index (κ3) is 3.96. The Bertz CT molecular complexity index is 950. The first-order valence-corrected chi connectivity index (χ1v) is 9.60. The number of nitrogens with zero attached hydrogens (tertiary/aromatic N) is 1. The van der Waals surface area contributed by atoms with Gasteiger partial charge in [-0.2, -0.15) is 0 Å². The van der Waals surface area contributed by atoms with Gasteiger partial charge in [-0.1, -0.05) is 48.9 Å². The Morgan fingerprint density at radius 1 is 1.21 bits per heavy atom. The van der Waals surface area contributed by atoms with E-state index in [-0.39, 0.29) is 6.42 Å². The van der Waals surface area contributed by atoms with Gasteiger partial charge >= 0.3 is 6.03 Å². The molecule has 2 atom stereocenters. The molecule has 0 saturated carbocycles. The number of carbonyl (C=O) groups is 3. The van der Waals surface area contributed by atoms with Crippen LogP contribution in [-0.4, -0.2) is 29.3 Å². The summed E-state index contributed by atoms with van der Waals surface area (Å²) in [5.41, 5.74) is -0.125. The van der Waals surface area contributed by atoms with Crippen LogP contribution in [0, 0.1) is 5.82 Å². The van der Waals surface area contributed by atoms with Crippen LogP contribution in [0.5, 0.6) is 0 Å². The van der Waals surface area contributed by atoms with Crippen molar-refractivity contribution in [1.82, 2.24) is 15.5 Å². The fraction of sp³-hybridized carbons (Fsp3) is 0.286. The molecule has 2 N–H and O–H groups in total. The van der Waals surface area contributed by atoms with Gasteiger partial charge < -0.3 is 10.6 Å². The third-order valence-corrected chi connectivity index (χ3v) is 5.44. The molecule has 29 heavy (non-hydrogen) atoms. The first-order valence-electron chi connectivity index (χ1n) is 9.22. The van der Waals surface area contributed by atoms with Gasteiger partial charge in [0.05, 0.1) is 6.04 Å². The Hall–Kier alpha value is -2.93. The van der Waals surface area contributed by atoms with Gasteiger partial charge in [0.25, 0.3) is 5.91 Å². The van der Waals surface area contributed by atoms with Crippen LogP contribution in [0.1, 0.15) is 37.4 Å². The summed E-state index contributed by atoms with van der Waals surface area (Å²) in [5, 5.41) is 5.93. The molecule has 0 aromatic heterocycles. The second kappa shape index (κ2) is 8.21. The maximum Gasteiger partial charge on any atom is 0.325 e. The maximum absolute atomic E-state index is 13.3.